The van der Waals surface area contributed by atoms with Crippen LogP contribution in [0.5, 0.6) is 11.5 Å². The summed E-state index contributed by atoms with van der Waals surface area (Å²) >= 11 is 2.25. The summed E-state index contributed by atoms with van der Waals surface area (Å²) in [5.41, 5.74) is 6.97. The van der Waals surface area contributed by atoms with Crippen LogP contribution in [-0.4, -0.2) is 13.7 Å². The van der Waals surface area contributed by atoms with Crippen LogP contribution in [0.25, 0.3) is 0 Å². The summed E-state index contributed by atoms with van der Waals surface area (Å²) in [6, 6.07) is 3.85. The first-order valence-electron chi connectivity index (χ1n) is 3.98. The second-order valence-corrected chi connectivity index (χ2v) is 4.10. The van der Waals surface area contributed by atoms with Gasteiger partial charge in [0.15, 0.2) is 0 Å². The third-order valence-electron chi connectivity index (χ3n) is 2.09. The van der Waals surface area contributed by atoms with Crippen LogP contribution in [0.2, 0.25) is 0 Å². The van der Waals surface area contributed by atoms with E-state index in [1.165, 1.54) is 0 Å². The average molecular weight is 291 g/mol. The van der Waals surface area contributed by atoms with Crippen molar-refractivity contribution in [2.24, 2.45) is 5.73 Å². The standard InChI is InChI=1S/C9H10INO2/c1-12-5-2-6(10)9-7(11)4-13-8(9)3-5/h2-3,7H,4,11H2,1H3. The van der Waals surface area contributed by atoms with Crippen LogP contribution in [0.1, 0.15) is 11.6 Å². The molecule has 0 fully saturated rings. The van der Waals surface area contributed by atoms with Crippen LogP contribution in [0.4, 0.5) is 0 Å². The van der Waals surface area contributed by atoms with Crippen molar-refractivity contribution in [2.75, 3.05) is 13.7 Å². The predicted octanol–water partition coefficient (Wildman–Crippen LogP) is 1.69. The minimum Gasteiger partial charge on any atom is -0.497 e. The van der Waals surface area contributed by atoms with Crippen LogP contribution in [0, 0.1) is 3.57 Å². The van der Waals surface area contributed by atoms with Crippen molar-refractivity contribution in [3.63, 3.8) is 0 Å². The highest BCUT2D eigenvalue weighted by Crippen LogP contribution is 2.37. The van der Waals surface area contributed by atoms with Crippen molar-refractivity contribution in [3.8, 4) is 11.5 Å². The summed E-state index contributed by atoms with van der Waals surface area (Å²) in [5, 5.41) is 0. The predicted molar refractivity (Wildman–Crippen MR) is 58.1 cm³/mol. The zero-order valence-corrected chi connectivity index (χ0v) is 9.37. The summed E-state index contributed by atoms with van der Waals surface area (Å²) < 4.78 is 11.7. The Morgan fingerprint density at radius 2 is 2.38 bits per heavy atom. The quantitative estimate of drug-likeness (QED) is 0.801. The molecule has 4 heteroatoms. The summed E-state index contributed by atoms with van der Waals surface area (Å²) in [6.45, 7) is 0.568. The first-order chi connectivity index (χ1) is 6.22. The Morgan fingerprint density at radius 1 is 1.62 bits per heavy atom. The Morgan fingerprint density at radius 3 is 3.08 bits per heavy atom. The van der Waals surface area contributed by atoms with E-state index in [0.29, 0.717) is 6.61 Å². The maximum atomic E-state index is 5.87. The lowest BCUT2D eigenvalue weighted by atomic mass is 10.1. The molecule has 0 saturated heterocycles. The van der Waals surface area contributed by atoms with Gasteiger partial charge in [0.1, 0.15) is 18.1 Å². The molecule has 1 aliphatic rings. The Bertz CT molecular complexity index is 341. The highest BCUT2D eigenvalue weighted by molar-refractivity contribution is 14.1. The summed E-state index contributed by atoms with van der Waals surface area (Å²) in [7, 11) is 1.65. The lowest BCUT2D eigenvalue weighted by molar-refractivity contribution is 0.331. The first-order valence-corrected chi connectivity index (χ1v) is 5.06. The largest absolute Gasteiger partial charge is 0.497 e. The van der Waals surface area contributed by atoms with Crippen LogP contribution in [-0.2, 0) is 0 Å². The molecule has 0 radical (unpaired) electrons. The molecule has 0 aromatic heterocycles. The molecule has 13 heavy (non-hydrogen) atoms. The molecule has 2 rings (SSSR count). The molecule has 0 aliphatic carbocycles. The van der Waals surface area contributed by atoms with E-state index < -0.39 is 0 Å². The molecule has 1 aromatic rings. The van der Waals surface area contributed by atoms with E-state index in [-0.39, 0.29) is 6.04 Å². The van der Waals surface area contributed by atoms with Gasteiger partial charge in [0.2, 0.25) is 0 Å². The SMILES string of the molecule is COc1cc(I)c2c(c1)OCC2N. The Kier molecular flexibility index (Phi) is 2.33. The van der Waals surface area contributed by atoms with E-state index >= 15 is 0 Å². The van der Waals surface area contributed by atoms with E-state index in [9.17, 15) is 0 Å². The average Bonchev–Trinajstić information content (AvgIpc) is 2.48. The highest BCUT2D eigenvalue weighted by atomic mass is 127. The van der Waals surface area contributed by atoms with Gasteiger partial charge in [-0.05, 0) is 28.7 Å². The zero-order valence-electron chi connectivity index (χ0n) is 7.21. The Hall–Kier alpha value is -0.490. The normalized spacial score (nSPS) is 19.5. The van der Waals surface area contributed by atoms with Crippen LogP contribution >= 0.6 is 22.6 Å². The Balaban J connectivity index is 2.53. The molecule has 2 N–H and O–H groups in total. The molecule has 0 spiro atoms. The van der Waals surface area contributed by atoms with Gasteiger partial charge >= 0.3 is 0 Å². The second-order valence-electron chi connectivity index (χ2n) is 2.94. The third kappa shape index (κ3) is 1.48. The molecule has 0 amide bonds. The number of benzene rings is 1. The lowest BCUT2D eigenvalue weighted by Gasteiger charge is -2.06. The van der Waals surface area contributed by atoms with Crippen molar-refractivity contribution in [3.05, 3.63) is 21.3 Å². The van der Waals surface area contributed by atoms with Crippen molar-refractivity contribution in [1.82, 2.24) is 0 Å². The molecular weight excluding hydrogens is 281 g/mol. The molecule has 1 aliphatic heterocycles. The number of hydrogen-bond donors (Lipinski definition) is 1. The molecule has 0 bridgehead atoms. The van der Waals surface area contributed by atoms with Gasteiger partial charge in [-0.1, -0.05) is 0 Å². The molecule has 1 atom stereocenters. The van der Waals surface area contributed by atoms with E-state index in [1.807, 2.05) is 12.1 Å². The van der Waals surface area contributed by atoms with E-state index in [4.69, 9.17) is 15.2 Å². The second kappa shape index (κ2) is 3.34. The van der Waals surface area contributed by atoms with Crippen LogP contribution in [0.15, 0.2) is 12.1 Å². The number of ether oxygens (including phenoxy) is 2. The number of fused-ring (bicyclic) bond motifs is 1. The van der Waals surface area contributed by atoms with Crippen molar-refractivity contribution in [1.29, 1.82) is 0 Å². The van der Waals surface area contributed by atoms with Gasteiger partial charge in [0, 0.05) is 15.2 Å². The molecule has 0 saturated carbocycles. The zero-order chi connectivity index (χ0) is 9.42. The highest BCUT2D eigenvalue weighted by Gasteiger charge is 2.24. The van der Waals surface area contributed by atoms with Gasteiger partial charge in [-0.25, -0.2) is 0 Å². The number of methoxy groups -OCH3 is 1. The van der Waals surface area contributed by atoms with Crippen LogP contribution in [0.3, 0.4) is 0 Å². The molecule has 1 unspecified atom stereocenters. The number of rotatable bonds is 1. The molecule has 1 aromatic carbocycles. The molecular formula is C9H10INO2. The van der Waals surface area contributed by atoms with E-state index in [2.05, 4.69) is 22.6 Å². The maximum absolute atomic E-state index is 5.87. The Labute approximate surface area is 90.3 Å². The fourth-order valence-electron chi connectivity index (χ4n) is 1.43. The van der Waals surface area contributed by atoms with Gasteiger partial charge in [-0.15, -0.1) is 0 Å². The van der Waals surface area contributed by atoms with Crippen molar-refractivity contribution < 1.29 is 9.47 Å². The van der Waals surface area contributed by atoms with Gasteiger partial charge in [0.25, 0.3) is 0 Å². The van der Waals surface area contributed by atoms with E-state index in [1.54, 1.807) is 7.11 Å². The van der Waals surface area contributed by atoms with Gasteiger partial charge in [0.05, 0.1) is 13.2 Å². The molecule has 70 valence electrons. The van der Waals surface area contributed by atoms with Gasteiger partial charge in [-0.3, -0.25) is 0 Å². The van der Waals surface area contributed by atoms with Crippen LogP contribution < -0.4 is 15.2 Å². The molecule has 1 heterocycles. The number of nitrogens with two attached hydrogens (primary N) is 1. The number of halogens is 1. The first kappa shape index (κ1) is 9.08. The smallest absolute Gasteiger partial charge is 0.129 e. The molecule has 3 nitrogen and oxygen atoms in total. The van der Waals surface area contributed by atoms with Crippen molar-refractivity contribution >= 4 is 22.6 Å². The van der Waals surface area contributed by atoms with E-state index in [0.717, 1.165) is 20.6 Å². The topological polar surface area (TPSA) is 44.5 Å². The maximum Gasteiger partial charge on any atom is 0.129 e. The minimum absolute atomic E-state index is 0.00723. The summed E-state index contributed by atoms with van der Waals surface area (Å²) in [5.74, 6) is 1.67. The van der Waals surface area contributed by atoms with Gasteiger partial charge < -0.3 is 15.2 Å². The fourth-order valence-corrected chi connectivity index (χ4v) is 2.40. The summed E-state index contributed by atoms with van der Waals surface area (Å²) in [6.07, 6.45) is 0. The summed E-state index contributed by atoms with van der Waals surface area (Å²) in [4.78, 5) is 0. The van der Waals surface area contributed by atoms with Crippen molar-refractivity contribution in [2.45, 2.75) is 6.04 Å². The monoisotopic (exact) mass is 291 g/mol. The number of hydrogen-bond acceptors (Lipinski definition) is 3. The third-order valence-corrected chi connectivity index (χ3v) is 2.98. The van der Waals surface area contributed by atoms with Gasteiger partial charge in [-0.2, -0.15) is 0 Å². The lowest BCUT2D eigenvalue weighted by Crippen LogP contribution is -2.11. The minimum atomic E-state index is 0.00723. The fraction of sp³-hybridized carbons (Fsp3) is 0.333.